The number of pyridine rings is 1. The van der Waals surface area contributed by atoms with E-state index in [0.717, 1.165) is 23.3 Å². The highest BCUT2D eigenvalue weighted by atomic mass is 16.5. The number of carbonyl (C=O) groups excluding carboxylic acids is 3. The molecule has 134 valence electrons. The molecule has 0 atom stereocenters. The van der Waals surface area contributed by atoms with Crippen molar-refractivity contribution in [3.05, 3.63) is 77.6 Å². The van der Waals surface area contributed by atoms with E-state index in [-0.39, 0.29) is 6.61 Å². The van der Waals surface area contributed by atoms with Crippen molar-refractivity contribution in [1.82, 2.24) is 15.8 Å². The Bertz CT molecular complexity index is 803. The van der Waals surface area contributed by atoms with Crippen LogP contribution in [-0.4, -0.2) is 29.4 Å². The third-order valence-electron chi connectivity index (χ3n) is 3.35. The van der Waals surface area contributed by atoms with Crippen LogP contribution in [0.4, 0.5) is 0 Å². The molecule has 0 radical (unpaired) electrons. The Hall–Kier alpha value is -3.48. The van der Waals surface area contributed by atoms with E-state index in [0.29, 0.717) is 12.0 Å². The van der Waals surface area contributed by atoms with Crippen LogP contribution in [0, 0.1) is 0 Å². The predicted molar refractivity (Wildman–Crippen MR) is 94.9 cm³/mol. The van der Waals surface area contributed by atoms with Gasteiger partial charge in [-0.1, -0.05) is 30.3 Å². The van der Waals surface area contributed by atoms with Crippen molar-refractivity contribution in [3.8, 4) is 0 Å². The van der Waals surface area contributed by atoms with Crippen LogP contribution in [0.3, 0.4) is 0 Å². The number of esters is 1. The van der Waals surface area contributed by atoms with Gasteiger partial charge in [-0.2, -0.15) is 0 Å². The topological polar surface area (TPSA) is 97.4 Å². The summed E-state index contributed by atoms with van der Waals surface area (Å²) in [5.41, 5.74) is 6.69. The Morgan fingerprint density at radius 2 is 1.85 bits per heavy atom. The molecular weight excluding hydrogens is 334 g/mol. The summed E-state index contributed by atoms with van der Waals surface area (Å²) in [6, 6.07) is 11.4. The highest BCUT2D eigenvalue weighted by molar-refractivity contribution is 5.99. The summed E-state index contributed by atoms with van der Waals surface area (Å²) >= 11 is 0. The van der Waals surface area contributed by atoms with E-state index in [1.165, 1.54) is 6.20 Å². The van der Waals surface area contributed by atoms with Gasteiger partial charge < -0.3 is 4.74 Å². The van der Waals surface area contributed by atoms with Gasteiger partial charge in [0, 0.05) is 24.5 Å². The zero-order chi connectivity index (χ0) is 18.8. The Morgan fingerprint density at radius 3 is 2.58 bits per heavy atom. The maximum Gasteiger partial charge on any atom is 0.330 e. The van der Waals surface area contributed by atoms with E-state index in [1.807, 2.05) is 30.3 Å². The molecule has 0 spiro atoms. The second-order valence-electron chi connectivity index (χ2n) is 5.22. The van der Waals surface area contributed by atoms with Crippen LogP contribution in [0.15, 0.2) is 60.9 Å². The van der Waals surface area contributed by atoms with Crippen molar-refractivity contribution >= 4 is 17.8 Å². The number of nitrogens with zero attached hydrogens (tertiary/aromatic N) is 1. The first kappa shape index (κ1) is 18.9. The summed E-state index contributed by atoms with van der Waals surface area (Å²) in [4.78, 5) is 39.1. The molecule has 26 heavy (non-hydrogen) atoms. The molecule has 0 unspecified atom stereocenters. The molecule has 1 aromatic carbocycles. The Morgan fingerprint density at radius 1 is 1.08 bits per heavy atom. The van der Waals surface area contributed by atoms with Crippen molar-refractivity contribution in [2.75, 3.05) is 6.61 Å². The lowest BCUT2D eigenvalue weighted by atomic mass is 10.0. The van der Waals surface area contributed by atoms with E-state index < -0.39 is 17.8 Å². The predicted octanol–water partition coefficient (Wildman–Crippen LogP) is 1.55. The summed E-state index contributed by atoms with van der Waals surface area (Å²) in [7, 11) is 0. The van der Waals surface area contributed by atoms with Crippen molar-refractivity contribution < 1.29 is 19.1 Å². The molecule has 7 nitrogen and oxygen atoms in total. The van der Waals surface area contributed by atoms with Crippen molar-refractivity contribution in [1.29, 1.82) is 0 Å². The third kappa shape index (κ3) is 5.86. The van der Waals surface area contributed by atoms with Gasteiger partial charge in [0.1, 0.15) is 0 Å². The zero-order valence-corrected chi connectivity index (χ0v) is 14.3. The van der Waals surface area contributed by atoms with Crippen molar-refractivity contribution in [2.45, 2.75) is 13.3 Å². The third-order valence-corrected chi connectivity index (χ3v) is 3.35. The maximum atomic E-state index is 12.3. The molecule has 0 aliphatic heterocycles. The molecule has 0 bridgehead atoms. The molecule has 0 saturated heterocycles. The number of hydrogen-bond acceptors (Lipinski definition) is 5. The Kier molecular flexibility index (Phi) is 7.05. The fraction of sp³-hybridized carbons (Fsp3) is 0.158. The van der Waals surface area contributed by atoms with Gasteiger partial charge in [-0.25, -0.2) is 4.79 Å². The second-order valence-corrected chi connectivity index (χ2v) is 5.22. The number of amides is 2. The van der Waals surface area contributed by atoms with E-state index in [9.17, 15) is 14.4 Å². The number of rotatable bonds is 6. The molecule has 1 aromatic heterocycles. The van der Waals surface area contributed by atoms with Crippen LogP contribution in [0.25, 0.3) is 0 Å². The van der Waals surface area contributed by atoms with Gasteiger partial charge in [-0.3, -0.25) is 25.4 Å². The number of carbonyl (C=O) groups is 3. The first-order valence-electron chi connectivity index (χ1n) is 8.02. The molecule has 2 N–H and O–H groups in total. The smallest absolute Gasteiger partial charge is 0.330 e. The Labute approximate surface area is 151 Å². The molecular formula is C19H19N3O4. The normalized spacial score (nSPS) is 10.3. The molecule has 1 heterocycles. The first-order valence-corrected chi connectivity index (χ1v) is 8.02. The quantitative estimate of drug-likeness (QED) is 0.467. The maximum absolute atomic E-state index is 12.3. The number of ether oxygens (including phenoxy) is 1. The highest BCUT2D eigenvalue weighted by Gasteiger charge is 2.12. The van der Waals surface area contributed by atoms with Crippen molar-refractivity contribution in [3.63, 3.8) is 0 Å². The zero-order valence-electron chi connectivity index (χ0n) is 14.3. The molecule has 0 fully saturated rings. The summed E-state index contributed by atoms with van der Waals surface area (Å²) in [5, 5.41) is 0. The largest absolute Gasteiger partial charge is 0.463 e. The lowest BCUT2D eigenvalue weighted by Crippen LogP contribution is -2.41. The van der Waals surface area contributed by atoms with Gasteiger partial charge in [0.2, 0.25) is 0 Å². The van der Waals surface area contributed by atoms with E-state index in [2.05, 4.69) is 20.6 Å². The molecule has 0 aliphatic carbocycles. The summed E-state index contributed by atoms with van der Waals surface area (Å²) < 4.78 is 4.66. The summed E-state index contributed by atoms with van der Waals surface area (Å²) in [6.07, 6.45) is 5.56. The fourth-order valence-corrected chi connectivity index (χ4v) is 2.16. The van der Waals surface area contributed by atoms with Crippen LogP contribution in [0.5, 0.6) is 0 Å². The molecule has 0 aliphatic rings. The molecule has 2 amide bonds. The standard InChI is InChI=1S/C19H19N3O4/c1-2-26-18(24)9-8-17(23)21-22-19(25)16-13-20-11-10-15(16)12-14-6-4-3-5-7-14/h3-11,13H,2,12H2,1H3,(H,21,23)(H,22,25)/b9-8+. The summed E-state index contributed by atoms with van der Waals surface area (Å²) in [5.74, 6) is -1.78. The minimum absolute atomic E-state index is 0.215. The van der Waals surface area contributed by atoms with E-state index in [4.69, 9.17) is 0 Å². The fourth-order valence-electron chi connectivity index (χ4n) is 2.16. The van der Waals surface area contributed by atoms with Crippen LogP contribution in [0.2, 0.25) is 0 Å². The van der Waals surface area contributed by atoms with Crippen LogP contribution < -0.4 is 10.9 Å². The van der Waals surface area contributed by atoms with E-state index >= 15 is 0 Å². The minimum atomic E-state index is -0.653. The van der Waals surface area contributed by atoms with Crippen LogP contribution >= 0.6 is 0 Å². The van der Waals surface area contributed by atoms with Gasteiger partial charge in [-0.15, -0.1) is 0 Å². The first-order chi connectivity index (χ1) is 12.6. The molecule has 2 rings (SSSR count). The lowest BCUT2D eigenvalue weighted by molar-refractivity contribution is -0.137. The number of hydrogen-bond donors (Lipinski definition) is 2. The van der Waals surface area contributed by atoms with Gasteiger partial charge in [0.15, 0.2) is 0 Å². The molecule has 0 saturated carbocycles. The average Bonchev–Trinajstić information content (AvgIpc) is 2.66. The molecule has 7 heteroatoms. The summed E-state index contributed by atoms with van der Waals surface area (Å²) in [6.45, 7) is 1.87. The molecule has 2 aromatic rings. The SMILES string of the molecule is CCOC(=O)/C=C/C(=O)NNC(=O)c1cnccc1Cc1ccccc1. The number of hydrazine groups is 1. The average molecular weight is 353 g/mol. The van der Waals surface area contributed by atoms with Crippen LogP contribution in [-0.2, 0) is 20.7 Å². The van der Waals surface area contributed by atoms with Crippen molar-refractivity contribution in [2.24, 2.45) is 0 Å². The monoisotopic (exact) mass is 353 g/mol. The van der Waals surface area contributed by atoms with Crippen LogP contribution in [0.1, 0.15) is 28.4 Å². The van der Waals surface area contributed by atoms with Gasteiger partial charge in [0.05, 0.1) is 12.2 Å². The van der Waals surface area contributed by atoms with Gasteiger partial charge in [-0.05, 0) is 30.5 Å². The lowest BCUT2D eigenvalue weighted by Gasteiger charge is -2.10. The highest BCUT2D eigenvalue weighted by Crippen LogP contribution is 2.13. The van der Waals surface area contributed by atoms with E-state index in [1.54, 1.807) is 19.2 Å². The number of aromatic nitrogens is 1. The minimum Gasteiger partial charge on any atom is -0.463 e. The Balaban J connectivity index is 1.97. The second kappa shape index (κ2) is 9.73. The van der Waals surface area contributed by atoms with Gasteiger partial charge >= 0.3 is 5.97 Å². The van der Waals surface area contributed by atoms with Gasteiger partial charge in [0.25, 0.3) is 11.8 Å². The number of benzene rings is 1. The number of nitrogens with one attached hydrogen (secondary N) is 2.